The van der Waals surface area contributed by atoms with Gasteiger partial charge in [0.1, 0.15) is 5.70 Å². The third-order valence-electron chi connectivity index (χ3n) is 3.88. The minimum atomic E-state index is -0.254. The molecule has 1 aliphatic rings. The summed E-state index contributed by atoms with van der Waals surface area (Å²) in [5.74, 6) is -0.448. The van der Waals surface area contributed by atoms with Gasteiger partial charge >= 0.3 is 0 Å². The monoisotopic (exact) mass is 351 g/mol. The molecule has 1 heterocycles. The highest BCUT2D eigenvalue weighted by molar-refractivity contribution is 7.80. The number of para-hydroxylation sites is 2. The predicted octanol–water partition coefficient (Wildman–Crippen LogP) is 3.14. The molecule has 0 bridgehead atoms. The van der Waals surface area contributed by atoms with Crippen molar-refractivity contribution >= 4 is 40.5 Å². The highest BCUT2D eigenvalue weighted by Gasteiger charge is 2.37. The van der Waals surface area contributed by atoms with E-state index in [0.29, 0.717) is 16.5 Å². The van der Waals surface area contributed by atoms with E-state index in [-0.39, 0.29) is 11.8 Å². The van der Waals surface area contributed by atoms with Gasteiger partial charge in [-0.15, -0.1) is 0 Å². The van der Waals surface area contributed by atoms with Gasteiger partial charge < -0.3 is 0 Å². The zero-order chi connectivity index (χ0) is 18.0. The van der Waals surface area contributed by atoms with Gasteiger partial charge in [0, 0.05) is 31.5 Å². The number of rotatable bonds is 3. The standard InChI is InChI=1S/C19H17N3O2S/c1-14(23)21(15-9-5-3-6-10-15)13-17-18(24)20(2)19(25)22(17)16-11-7-4-8-12-16/h3-13H,1-2H3/b17-13+. The molecule has 0 aliphatic carbocycles. The lowest BCUT2D eigenvalue weighted by Crippen LogP contribution is -2.29. The Labute approximate surface area is 151 Å². The van der Waals surface area contributed by atoms with E-state index in [1.54, 1.807) is 18.1 Å². The second-order valence-corrected chi connectivity index (χ2v) is 5.92. The molecule has 126 valence electrons. The zero-order valence-electron chi connectivity index (χ0n) is 13.9. The molecule has 0 N–H and O–H groups in total. The largest absolute Gasteiger partial charge is 0.286 e. The van der Waals surface area contributed by atoms with Crippen LogP contribution in [-0.4, -0.2) is 28.9 Å². The number of amides is 2. The molecular weight excluding hydrogens is 334 g/mol. The zero-order valence-corrected chi connectivity index (χ0v) is 14.7. The first-order valence-electron chi connectivity index (χ1n) is 7.74. The Hall–Kier alpha value is -2.99. The van der Waals surface area contributed by atoms with Crippen molar-refractivity contribution in [3.63, 3.8) is 0 Å². The van der Waals surface area contributed by atoms with Crippen molar-refractivity contribution in [2.24, 2.45) is 0 Å². The van der Waals surface area contributed by atoms with E-state index >= 15 is 0 Å². The Bertz CT molecular complexity index is 849. The lowest BCUT2D eigenvalue weighted by Gasteiger charge is -2.22. The Kier molecular flexibility index (Phi) is 4.63. The highest BCUT2D eigenvalue weighted by atomic mass is 32.1. The fraction of sp³-hybridized carbons (Fsp3) is 0.105. The van der Waals surface area contributed by atoms with Crippen molar-refractivity contribution in [1.29, 1.82) is 0 Å². The van der Waals surface area contributed by atoms with E-state index in [1.165, 1.54) is 16.7 Å². The van der Waals surface area contributed by atoms with Gasteiger partial charge in [0.25, 0.3) is 5.91 Å². The Morgan fingerprint density at radius 2 is 1.60 bits per heavy atom. The van der Waals surface area contributed by atoms with Gasteiger partial charge in [-0.05, 0) is 36.5 Å². The maximum atomic E-state index is 12.7. The van der Waals surface area contributed by atoms with Gasteiger partial charge in [-0.3, -0.25) is 24.3 Å². The summed E-state index contributed by atoms with van der Waals surface area (Å²) < 4.78 is 0. The van der Waals surface area contributed by atoms with Crippen LogP contribution in [0.2, 0.25) is 0 Å². The van der Waals surface area contributed by atoms with Crippen molar-refractivity contribution in [1.82, 2.24) is 4.90 Å². The van der Waals surface area contributed by atoms with Gasteiger partial charge in [0.15, 0.2) is 5.11 Å². The van der Waals surface area contributed by atoms with Gasteiger partial charge in [-0.1, -0.05) is 36.4 Å². The third-order valence-corrected chi connectivity index (χ3v) is 4.34. The van der Waals surface area contributed by atoms with Gasteiger partial charge in [0.2, 0.25) is 5.91 Å². The van der Waals surface area contributed by atoms with Gasteiger partial charge in [-0.25, -0.2) is 0 Å². The van der Waals surface area contributed by atoms with Crippen LogP contribution in [0.1, 0.15) is 6.92 Å². The smallest absolute Gasteiger partial charge is 0.278 e. The van der Waals surface area contributed by atoms with Crippen molar-refractivity contribution in [3.05, 3.63) is 72.6 Å². The maximum absolute atomic E-state index is 12.7. The molecule has 0 aromatic heterocycles. The topological polar surface area (TPSA) is 43.9 Å². The van der Waals surface area contributed by atoms with Crippen LogP contribution in [0.25, 0.3) is 0 Å². The number of nitrogens with zero attached hydrogens (tertiary/aromatic N) is 3. The van der Waals surface area contributed by atoms with Crippen LogP contribution < -0.4 is 9.80 Å². The number of benzene rings is 2. The van der Waals surface area contributed by atoms with Crippen molar-refractivity contribution in [2.75, 3.05) is 16.8 Å². The first kappa shape index (κ1) is 16.9. The molecule has 1 aliphatic heterocycles. The van der Waals surface area contributed by atoms with Crippen LogP contribution in [0.4, 0.5) is 11.4 Å². The summed E-state index contributed by atoms with van der Waals surface area (Å²) in [6, 6.07) is 18.5. The molecule has 0 unspecified atom stereocenters. The molecule has 1 saturated heterocycles. The number of hydrogen-bond donors (Lipinski definition) is 0. The predicted molar refractivity (Wildman–Crippen MR) is 102 cm³/mol. The van der Waals surface area contributed by atoms with E-state index in [1.807, 2.05) is 60.7 Å². The molecule has 2 aromatic carbocycles. The molecule has 2 aromatic rings. The molecular formula is C19H17N3O2S. The molecule has 6 heteroatoms. The van der Waals surface area contributed by atoms with Gasteiger partial charge in [-0.2, -0.15) is 0 Å². The van der Waals surface area contributed by atoms with Crippen LogP contribution in [-0.2, 0) is 9.59 Å². The van der Waals surface area contributed by atoms with Crippen molar-refractivity contribution in [2.45, 2.75) is 6.92 Å². The fourth-order valence-corrected chi connectivity index (χ4v) is 2.89. The van der Waals surface area contributed by atoms with Crippen LogP contribution in [0.15, 0.2) is 72.6 Å². The van der Waals surface area contributed by atoms with E-state index in [4.69, 9.17) is 12.2 Å². The summed E-state index contributed by atoms with van der Waals surface area (Å²) in [4.78, 5) is 29.4. The lowest BCUT2D eigenvalue weighted by atomic mass is 10.2. The quantitative estimate of drug-likeness (QED) is 0.629. The Morgan fingerprint density at radius 3 is 2.16 bits per heavy atom. The van der Waals surface area contributed by atoms with E-state index in [0.717, 1.165) is 5.69 Å². The van der Waals surface area contributed by atoms with Crippen molar-refractivity contribution < 1.29 is 9.59 Å². The van der Waals surface area contributed by atoms with Gasteiger partial charge in [0.05, 0.1) is 0 Å². The number of carbonyl (C=O) groups is 2. The summed E-state index contributed by atoms with van der Waals surface area (Å²) in [5.41, 5.74) is 1.79. The van der Waals surface area contributed by atoms with Crippen LogP contribution >= 0.6 is 12.2 Å². The second-order valence-electron chi connectivity index (χ2n) is 5.56. The number of carbonyl (C=O) groups excluding carboxylic acids is 2. The molecule has 2 amide bonds. The maximum Gasteiger partial charge on any atom is 0.278 e. The Morgan fingerprint density at radius 1 is 1.04 bits per heavy atom. The number of anilines is 2. The molecule has 0 atom stereocenters. The minimum Gasteiger partial charge on any atom is -0.286 e. The molecule has 0 spiro atoms. The number of thiocarbonyl (C=S) groups is 1. The molecule has 5 nitrogen and oxygen atoms in total. The number of hydrogen-bond acceptors (Lipinski definition) is 3. The minimum absolute atomic E-state index is 0.194. The molecule has 0 saturated carbocycles. The Balaban J connectivity index is 2.10. The molecule has 25 heavy (non-hydrogen) atoms. The average Bonchev–Trinajstić information content (AvgIpc) is 2.84. The van der Waals surface area contributed by atoms with Crippen LogP contribution in [0.3, 0.4) is 0 Å². The van der Waals surface area contributed by atoms with E-state index < -0.39 is 0 Å². The average molecular weight is 351 g/mol. The summed E-state index contributed by atoms with van der Waals surface area (Å²) in [5, 5.41) is 0.374. The van der Waals surface area contributed by atoms with Crippen LogP contribution in [0.5, 0.6) is 0 Å². The molecule has 0 radical (unpaired) electrons. The lowest BCUT2D eigenvalue weighted by molar-refractivity contribution is -0.121. The first-order valence-corrected chi connectivity index (χ1v) is 8.15. The van der Waals surface area contributed by atoms with E-state index in [9.17, 15) is 9.59 Å². The summed E-state index contributed by atoms with van der Waals surface area (Å²) in [7, 11) is 1.63. The number of likely N-dealkylation sites (N-methyl/N-ethyl adjacent to an activating group) is 1. The summed E-state index contributed by atoms with van der Waals surface area (Å²) in [6.45, 7) is 1.46. The summed E-state index contributed by atoms with van der Waals surface area (Å²) in [6.07, 6.45) is 1.54. The fourth-order valence-electron chi connectivity index (χ4n) is 2.61. The molecule has 3 rings (SSSR count). The second kappa shape index (κ2) is 6.86. The first-order chi connectivity index (χ1) is 12.0. The normalized spacial score (nSPS) is 15.8. The van der Waals surface area contributed by atoms with Crippen LogP contribution in [0, 0.1) is 0 Å². The summed E-state index contributed by atoms with van der Waals surface area (Å²) >= 11 is 5.42. The van der Waals surface area contributed by atoms with Crippen molar-refractivity contribution in [3.8, 4) is 0 Å². The highest BCUT2D eigenvalue weighted by Crippen LogP contribution is 2.29. The van der Waals surface area contributed by atoms with E-state index in [2.05, 4.69) is 0 Å². The SMILES string of the molecule is CC(=O)N(/C=C1\C(=O)N(C)C(=S)N1c1ccccc1)c1ccccc1. The molecule has 1 fully saturated rings. The third kappa shape index (κ3) is 3.16.